The molecule has 0 N–H and O–H groups in total. The number of nitrogens with zero attached hydrogens (tertiary/aromatic N) is 2. The Morgan fingerprint density at radius 1 is 1.32 bits per heavy atom. The lowest BCUT2D eigenvalue weighted by atomic mass is 10.1. The molecule has 0 aliphatic carbocycles. The van der Waals surface area contributed by atoms with Crippen LogP contribution in [0, 0.1) is 10.1 Å². The van der Waals surface area contributed by atoms with Crippen LogP contribution in [0.4, 0.5) is 18.9 Å². The first kappa shape index (κ1) is 17.5. The summed E-state index contributed by atoms with van der Waals surface area (Å²) in [7, 11) is 0. The molecule has 10 heteroatoms. The first-order chi connectivity index (χ1) is 11.8. The fraction of sp³-hybridized carbons (Fsp3) is 0.267. The van der Waals surface area contributed by atoms with E-state index in [1.807, 2.05) is 0 Å². The Morgan fingerprint density at radius 3 is 2.76 bits per heavy atom. The molecular formula is C15H11F3N2O4S. The fourth-order valence-electron chi connectivity index (χ4n) is 2.28. The molecule has 1 aromatic carbocycles. The maximum absolute atomic E-state index is 12.5. The van der Waals surface area contributed by atoms with E-state index in [4.69, 9.17) is 9.47 Å². The third-order valence-corrected chi connectivity index (χ3v) is 4.41. The summed E-state index contributed by atoms with van der Waals surface area (Å²) in [4.78, 5) is 14.3. The smallest absolute Gasteiger partial charge is 0.417 e. The molecule has 0 amide bonds. The molecule has 1 aliphatic rings. The predicted molar refractivity (Wildman–Crippen MR) is 82.2 cm³/mol. The number of thioether (sulfide) groups is 1. The number of rotatable bonds is 4. The zero-order valence-electron chi connectivity index (χ0n) is 12.6. The first-order valence-electron chi connectivity index (χ1n) is 7.01. The lowest BCUT2D eigenvalue weighted by molar-refractivity contribution is -0.385. The molecule has 2 aromatic rings. The van der Waals surface area contributed by atoms with Gasteiger partial charge in [0, 0.05) is 35.2 Å². The van der Waals surface area contributed by atoms with Gasteiger partial charge in [-0.05, 0) is 12.1 Å². The number of alkyl halides is 3. The van der Waals surface area contributed by atoms with Gasteiger partial charge in [0.25, 0.3) is 5.69 Å². The second-order valence-electron chi connectivity index (χ2n) is 5.13. The van der Waals surface area contributed by atoms with Gasteiger partial charge in [-0.2, -0.15) is 13.2 Å². The predicted octanol–water partition coefficient (Wildman–Crippen LogP) is 4.17. The Hall–Kier alpha value is -2.33. The lowest BCUT2D eigenvalue weighted by Gasteiger charge is -2.20. The summed E-state index contributed by atoms with van der Waals surface area (Å²) in [5.74, 6) is 0.777. The Kier molecular flexibility index (Phi) is 4.82. The molecule has 2 heterocycles. The number of hydrogen-bond donors (Lipinski definition) is 0. The van der Waals surface area contributed by atoms with Crippen LogP contribution in [-0.2, 0) is 23.3 Å². The fourth-order valence-corrected chi connectivity index (χ4v) is 3.09. The summed E-state index contributed by atoms with van der Waals surface area (Å²) in [5, 5.41) is 11.4. The summed E-state index contributed by atoms with van der Waals surface area (Å²) < 4.78 is 48.2. The maximum atomic E-state index is 12.5. The number of hydrogen-bond acceptors (Lipinski definition) is 6. The number of ether oxygens (including phenoxy) is 2. The van der Waals surface area contributed by atoms with Crippen molar-refractivity contribution in [2.45, 2.75) is 23.6 Å². The van der Waals surface area contributed by atoms with E-state index < -0.39 is 16.7 Å². The van der Waals surface area contributed by atoms with E-state index in [2.05, 4.69) is 4.98 Å². The molecule has 1 aliphatic heterocycles. The highest BCUT2D eigenvalue weighted by atomic mass is 32.2. The van der Waals surface area contributed by atoms with Gasteiger partial charge in [-0.1, -0.05) is 0 Å². The van der Waals surface area contributed by atoms with Crippen molar-refractivity contribution < 1.29 is 27.6 Å². The molecule has 0 saturated heterocycles. The minimum atomic E-state index is -4.44. The van der Waals surface area contributed by atoms with Crippen LogP contribution in [0.5, 0.6) is 5.75 Å². The molecular weight excluding hydrogens is 361 g/mol. The van der Waals surface area contributed by atoms with E-state index in [0.29, 0.717) is 21.9 Å². The molecule has 132 valence electrons. The second-order valence-corrected chi connectivity index (χ2v) is 6.13. The van der Waals surface area contributed by atoms with E-state index in [0.717, 1.165) is 24.0 Å². The second kappa shape index (κ2) is 6.89. The third-order valence-electron chi connectivity index (χ3n) is 3.42. The number of nitro groups is 1. The summed E-state index contributed by atoms with van der Waals surface area (Å²) in [5.41, 5.74) is 0.213. The molecule has 0 saturated carbocycles. The lowest BCUT2D eigenvalue weighted by Crippen LogP contribution is -2.13. The SMILES string of the molecule is O=[N+]([O-])c1cc2c(c(CSc3ccc(C(F)(F)F)cn3)c1)OCOC2. The molecule has 0 unspecified atom stereocenters. The standard InChI is InChI=1S/C15H11F3N2O4S/c16-15(17,18)11-1-2-13(19-5-11)25-7-10-4-12(20(21)22)3-9-6-23-8-24-14(9)10/h1-5H,6-8H2. The molecule has 0 atom stereocenters. The van der Waals surface area contributed by atoms with E-state index >= 15 is 0 Å². The van der Waals surface area contributed by atoms with E-state index in [1.54, 1.807) is 0 Å². The number of pyridine rings is 1. The molecule has 0 bridgehead atoms. The van der Waals surface area contributed by atoms with Gasteiger partial charge >= 0.3 is 6.18 Å². The molecule has 3 rings (SSSR count). The normalized spacial score (nSPS) is 13.9. The van der Waals surface area contributed by atoms with Crippen LogP contribution in [0.3, 0.4) is 0 Å². The number of non-ortho nitro benzene ring substituents is 1. The Morgan fingerprint density at radius 2 is 2.12 bits per heavy atom. The molecule has 6 nitrogen and oxygen atoms in total. The highest BCUT2D eigenvalue weighted by molar-refractivity contribution is 7.98. The van der Waals surface area contributed by atoms with Crippen LogP contribution in [-0.4, -0.2) is 16.7 Å². The maximum Gasteiger partial charge on any atom is 0.417 e. The molecule has 0 spiro atoms. The molecule has 1 aromatic heterocycles. The van der Waals surface area contributed by atoms with Crippen molar-refractivity contribution >= 4 is 17.4 Å². The number of benzene rings is 1. The quantitative estimate of drug-likeness (QED) is 0.456. The monoisotopic (exact) mass is 372 g/mol. The number of nitro benzene ring substituents is 1. The average molecular weight is 372 g/mol. The zero-order chi connectivity index (χ0) is 18.0. The highest BCUT2D eigenvalue weighted by Crippen LogP contribution is 2.36. The van der Waals surface area contributed by atoms with Crippen LogP contribution in [0.15, 0.2) is 35.5 Å². The summed E-state index contributed by atoms with van der Waals surface area (Å²) in [6.07, 6.45) is -3.68. The van der Waals surface area contributed by atoms with Crippen molar-refractivity contribution in [3.8, 4) is 5.75 Å². The Bertz CT molecular complexity index is 797. The number of fused-ring (bicyclic) bond motifs is 1. The molecule has 0 radical (unpaired) electrons. The van der Waals surface area contributed by atoms with Gasteiger partial charge in [0.2, 0.25) is 0 Å². The van der Waals surface area contributed by atoms with Crippen LogP contribution in [0.25, 0.3) is 0 Å². The van der Waals surface area contributed by atoms with Gasteiger partial charge in [-0.25, -0.2) is 4.98 Å². The minimum Gasteiger partial charge on any atom is -0.467 e. The van der Waals surface area contributed by atoms with Gasteiger partial charge in [0.05, 0.1) is 22.1 Å². The van der Waals surface area contributed by atoms with Crippen molar-refractivity contribution in [1.29, 1.82) is 0 Å². The minimum absolute atomic E-state index is 0.0427. The molecule has 0 fully saturated rings. The van der Waals surface area contributed by atoms with E-state index in [-0.39, 0.29) is 24.8 Å². The van der Waals surface area contributed by atoms with Crippen molar-refractivity contribution in [3.05, 3.63) is 57.3 Å². The summed E-state index contributed by atoms with van der Waals surface area (Å²) >= 11 is 1.16. The number of halogens is 3. The molecule has 25 heavy (non-hydrogen) atoms. The van der Waals surface area contributed by atoms with Crippen molar-refractivity contribution in [2.75, 3.05) is 6.79 Å². The van der Waals surface area contributed by atoms with Gasteiger partial charge in [0.15, 0.2) is 6.79 Å². The van der Waals surface area contributed by atoms with Gasteiger partial charge in [-0.3, -0.25) is 10.1 Å². The Balaban J connectivity index is 1.80. The number of aromatic nitrogens is 1. The van der Waals surface area contributed by atoms with Gasteiger partial charge < -0.3 is 9.47 Å². The highest BCUT2D eigenvalue weighted by Gasteiger charge is 2.30. The van der Waals surface area contributed by atoms with Crippen LogP contribution in [0.1, 0.15) is 16.7 Å². The first-order valence-corrected chi connectivity index (χ1v) is 8.00. The summed E-state index contributed by atoms with van der Waals surface area (Å²) in [6.45, 7) is 0.244. The topological polar surface area (TPSA) is 74.5 Å². The average Bonchev–Trinajstić information content (AvgIpc) is 2.59. The van der Waals surface area contributed by atoms with Crippen molar-refractivity contribution in [1.82, 2.24) is 4.98 Å². The van der Waals surface area contributed by atoms with Crippen LogP contribution >= 0.6 is 11.8 Å². The van der Waals surface area contributed by atoms with Gasteiger partial charge in [-0.15, -0.1) is 11.8 Å². The van der Waals surface area contributed by atoms with Crippen molar-refractivity contribution in [3.63, 3.8) is 0 Å². The van der Waals surface area contributed by atoms with Crippen LogP contribution < -0.4 is 4.74 Å². The third kappa shape index (κ3) is 4.02. The largest absolute Gasteiger partial charge is 0.467 e. The summed E-state index contributed by atoms with van der Waals surface area (Å²) in [6, 6.07) is 4.99. The Labute approximate surface area is 144 Å². The van der Waals surface area contributed by atoms with Gasteiger partial charge in [0.1, 0.15) is 5.75 Å². The van der Waals surface area contributed by atoms with E-state index in [9.17, 15) is 23.3 Å². The zero-order valence-corrected chi connectivity index (χ0v) is 13.4. The van der Waals surface area contributed by atoms with Crippen molar-refractivity contribution in [2.24, 2.45) is 0 Å². The van der Waals surface area contributed by atoms with E-state index in [1.165, 1.54) is 18.2 Å². The van der Waals surface area contributed by atoms with Crippen LogP contribution in [0.2, 0.25) is 0 Å².